The normalized spacial score (nSPS) is 12.9. The first kappa shape index (κ1) is 10.7. The van der Waals surface area contributed by atoms with Gasteiger partial charge in [-0.2, -0.15) is 0 Å². The van der Waals surface area contributed by atoms with Crippen LogP contribution in [0.2, 0.25) is 0 Å². The third kappa shape index (κ3) is 2.24. The van der Waals surface area contributed by atoms with Crippen molar-refractivity contribution >= 4 is 11.7 Å². The third-order valence-electron chi connectivity index (χ3n) is 2.62. The fourth-order valence-corrected chi connectivity index (χ4v) is 1.81. The summed E-state index contributed by atoms with van der Waals surface area (Å²) in [5.74, 6) is 0. The van der Waals surface area contributed by atoms with E-state index in [2.05, 4.69) is 22.8 Å². The Morgan fingerprint density at radius 1 is 1.38 bits per heavy atom. The van der Waals surface area contributed by atoms with Crippen LogP contribution in [0, 0.1) is 0 Å². The van der Waals surface area contributed by atoms with Crippen LogP contribution < -0.4 is 10.6 Å². The Morgan fingerprint density at radius 2 is 2.19 bits per heavy atom. The van der Waals surface area contributed by atoms with Crippen molar-refractivity contribution in [3.63, 3.8) is 0 Å². The van der Waals surface area contributed by atoms with Crippen LogP contribution in [-0.2, 0) is 6.42 Å². The van der Waals surface area contributed by atoms with Gasteiger partial charge < -0.3 is 10.6 Å². The molecule has 3 nitrogen and oxygen atoms in total. The predicted molar refractivity (Wildman–Crippen MR) is 64.9 cm³/mol. The van der Waals surface area contributed by atoms with E-state index >= 15 is 0 Å². The second-order valence-corrected chi connectivity index (χ2v) is 3.86. The number of carbonyl (C=O) groups is 1. The Bertz CT molecular complexity index is 424. The van der Waals surface area contributed by atoms with E-state index in [1.165, 1.54) is 5.56 Å². The monoisotopic (exact) mass is 216 g/mol. The van der Waals surface area contributed by atoms with Crippen LogP contribution in [0.5, 0.6) is 0 Å². The van der Waals surface area contributed by atoms with Crippen LogP contribution in [0.3, 0.4) is 0 Å². The first-order valence-electron chi connectivity index (χ1n) is 5.64. The molecule has 0 heterocycles. The van der Waals surface area contributed by atoms with Crippen molar-refractivity contribution in [2.24, 2.45) is 0 Å². The molecule has 16 heavy (non-hydrogen) atoms. The highest BCUT2D eigenvalue weighted by molar-refractivity contribution is 5.87. The molecular weight excluding hydrogens is 200 g/mol. The second-order valence-electron chi connectivity index (χ2n) is 3.86. The van der Waals surface area contributed by atoms with E-state index in [0.717, 1.165) is 24.1 Å². The summed E-state index contributed by atoms with van der Waals surface area (Å²) in [7, 11) is 0. The zero-order chi connectivity index (χ0) is 11.4. The maximum absolute atomic E-state index is 11.5. The van der Waals surface area contributed by atoms with Gasteiger partial charge in [0.25, 0.3) is 0 Å². The zero-order valence-corrected chi connectivity index (χ0v) is 9.42. The molecule has 0 fully saturated rings. The van der Waals surface area contributed by atoms with Crippen LogP contribution in [0.15, 0.2) is 30.3 Å². The van der Waals surface area contributed by atoms with E-state index in [1.807, 2.05) is 25.1 Å². The summed E-state index contributed by atoms with van der Waals surface area (Å²) in [4.78, 5) is 11.5. The Morgan fingerprint density at radius 3 is 3.00 bits per heavy atom. The number of fused-ring (bicyclic) bond motifs is 1. The largest absolute Gasteiger partial charge is 0.338 e. The lowest BCUT2D eigenvalue weighted by Crippen LogP contribution is -2.34. The molecule has 1 aromatic rings. The second kappa shape index (κ2) is 4.84. The molecule has 0 atom stereocenters. The van der Waals surface area contributed by atoms with Gasteiger partial charge in [0.05, 0.1) is 0 Å². The van der Waals surface area contributed by atoms with Crippen LogP contribution in [0.1, 0.15) is 24.5 Å². The number of nitrogens with one attached hydrogen (secondary N) is 2. The first-order valence-corrected chi connectivity index (χ1v) is 5.64. The molecule has 0 aromatic heterocycles. The van der Waals surface area contributed by atoms with Crippen molar-refractivity contribution in [2.75, 3.05) is 6.54 Å². The van der Waals surface area contributed by atoms with Crippen molar-refractivity contribution in [1.82, 2.24) is 10.6 Å². The molecule has 0 unspecified atom stereocenters. The number of hydrogen-bond donors (Lipinski definition) is 2. The average molecular weight is 216 g/mol. The van der Waals surface area contributed by atoms with Gasteiger partial charge in [0.15, 0.2) is 0 Å². The molecule has 2 amide bonds. The van der Waals surface area contributed by atoms with Gasteiger partial charge in [-0.3, -0.25) is 0 Å². The SMILES string of the molecule is CCCNC(=O)NC1=CCc2ccccc21. The number of hydrogen-bond acceptors (Lipinski definition) is 1. The molecule has 84 valence electrons. The van der Waals surface area contributed by atoms with Gasteiger partial charge in [-0.15, -0.1) is 0 Å². The molecule has 3 heteroatoms. The Kier molecular flexibility index (Phi) is 3.25. The fraction of sp³-hybridized carbons (Fsp3) is 0.308. The van der Waals surface area contributed by atoms with Crippen molar-refractivity contribution < 1.29 is 4.79 Å². The van der Waals surface area contributed by atoms with Gasteiger partial charge in [0, 0.05) is 17.8 Å². The molecule has 0 saturated heterocycles. The highest BCUT2D eigenvalue weighted by atomic mass is 16.2. The maximum atomic E-state index is 11.5. The summed E-state index contributed by atoms with van der Waals surface area (Å²) < 4.78 is 0. The molecule has 1 aromatic carbocycles. The van der Waals surface area contributed by atoms with Crippen LogP contribution in [0.25, 0.3) is 5.70 Å². The molecular formula is C13H16N2O. The lowest BCUT2D eigenvalue weighted by molar-refractivity contribution is 0.245. The van der Waals surface area contributed by atoms with Gasteiger partial charge in [0.1, 0.15) is 0 Å². The lowest BCUT2D eigenvalue weighted by atomic mass is 10.1. The highest BCUT2D eigenvalue weighted by Gasteiger charge is 2.14. The minimum atomic E-state index is -0.121. The molecule has 0 spiro atoms. The smallest absolute Gasteiger partial charge is 0.319 e. The highest BCUT2D eigenvalue weighted by Crippen LogP contribution is 2.24. The van der Waals surface area contributed by atoms with E-state index < -0.39 is 0 Å². The van der Waals surface area contributed by atoms with E-state index in [9.17, 15) is 4.79 Å². The number of rotatable bonds is 3. The maximum Gasteiger partial charge on any atom is 0.319 e. The average Bonchev–Trinajstić information content (AvgIpc) is 2.70. The van der Waals surface area contributed by atoms with Gasteiger partial charge in [0.2, 0.25) is 0 Å². The zero-order valence-electron chi connectivity index (χ0n) is 9.42. The van der Waals surface area contributed by atoms with Crippen LogP contribution in [-0.4, -0.2) is 12.6 Å². The van der Waals surface area contributed by atoms with E-state index in [1.54, 1.807) is 0 Å². The summed E-state index contributed by atoms with van der Waals surface area (Å²) in [5, 5.41) is 5.68. The molecule has 0 radical (unpaired) electrons. The van der Waals surface area contributed by atoms with Crippen LogP contribution >= 0.6 is 0 Å². The van der Waals surface area contributed by atoms with Crippen molar-refractivity contribution in [2.45, 2.75) is 19.8 Å². The van der Waals surface area contributed by atoms with Crippen LogP contribution in [0.4, 0.5) is 4.79 Å². The summed E-state index contributed by atoms with van der Waals surface area (Å²) in [6, 6.07) is 8.01. The Labute approximate surface area is 95.6 Å². The molecule has 2 N–H and O–H groups in total. The van der Waals surface area contributed by atoms with Crippen molar-refractivity contribution in [3.05, 3.63) is 41.5 Å². The molecule has 2 rings (SSSR count). The van der Waals surface area contributed by atoms with E-state index in [4.69, 9.17) is 0 Å². The molecule has 0 saturated carbocycles. The lowest BCUT2D eigenvalue weighted by Gasteiger charge is -2.08. The Hall–Kier alpha value is -1.77. The Balaban J connectivity index is 2.00. The van der Waals surface area contributed by atoms with Gasteiger partial charge in [-0.25, -0.2) is 4.79 Å². The standard InChI is InChI=1S/C13H16N2O/c1-2-9-14-13(16)15-12-8-7-10-5-3-4-6-11(10)12/h3-6,8H,2,7,9H2,1H3,(H2,14,15,16). The van der Waals surface area contributed by atoms with E-state index in [-0.39, 0.29) is 6.03 Å². The summed E-state index contributed by atoms with van der Waals surface area (Å²) in [6.07, 6.45) is 3.90. The summed E-state index contributed by atoms with van der Waals surface area (Å²) in [5.41, 5.74) is 3.33. The molecule has 1 aliphatic rings. The van der Waals surface area contributed by atoms with Crippen molar-refractivity contribution in [1.29, 1.82) is 0 Å². The quantitative estimate of drug-likeness (QED) is 0.799. The number of allylic oxidation sites excluding steroid dienone is 1. The van der Waals surface area contributed by atoms with Gasteiger partial charge >= 0.3 is 6.03 Å². The number of urea groups is 1. The van der Waals surface area contributed by atoms with E-state index in [0.29, 0.717) is 6.54 Å². The summed E-state index contributed by atoms with van der Waals surface area (Å²) in [6.45, 7) is 2.74. The van der Waals surface area contributed by atoms with Gasteiger partial charge in [-0.05, 0) is 18.4 Å². The molecule has 0 aliphatic heterocycles. The molecule has 0 bridgehead atoms. The fourth-order valence-electron chi connectivity index (χ4n) is 1.81. The van der Waals surface area contributed by atoms with Crippen molar-refractivity contribution in [3.8, 4) is 0 Å². The first-order chi connectivity index (χ1) is 7.81. The minimum Gasteiger partial charge on any atom is -0.338 e. The topological polar surface area (TPSA) is 41.1 Å². The number of amides is 2. The predicted octanol–water partition coefficient (Wildman–Crippen LogP) is 2.29. The van der Waals surface area contributed by atoms with Gasteiger partial charge in [-0.1, -0.05) is 37.3 Å². The number of benzene rings is 1. The third-order valence-corrected chi connectivity index (χ3v) is 2.62. The summed E-state index contributed by atoms with van der Waals surface area (Å²) >= 11 is 0. The molecule has 1 aliphatic carbocycles. The number of carbonyl (C=O) groups excluding carboxylic acids is 1. The minimum absolute atomic E-state index is 0.121.